The molecular formula is C13H23N. The lowest BCUT2D eigenvalue weighted by Crippen LogP contribution is -2.03. The number of aryl methyl sites for hydroxylation is 2. The number of rotatable bonds is 1. The first-order valence-electron chi connectivity index (χ1n) is 4.89. The van der Waals surface area contributed by atoms with E-state index in [1.807, 2.05) is 0 Å². The van der Waals surface area contributed by atoms with Gasteiger partial charge in [-0.05, 0) is 50.3 Å². The third-order valence-electron chi connectivity index (χ3n) is 2.81. The van der Waals surface area contributed by atoms with Crippen LogP contribution in [-0.4, -0.2) is 4.98 Å². The van der Waals surface area contributed by atoms with Crippen LogP contribution in [0.4, 0.5) is 0 Å². The quantitative estimate of drug-likeness (QED) is 0.655. The van der Waals surface area contributed by atoms with E-state index in [1.54, 1.807) is 0 Å². The van der Waals surface area contributed by atoms with Gasteiger partial charge in [0.15, 0.2) is 0 Å². The fraction of sp³-hybridized carbons (Fsp3) is 0.615. The predicted molar refractivity (Wildman–Crippen MR) is 64.0 cm³/mol. The summed E-state index contributed by atoms with van der Waals surface area (Å²) in [6.07, 6.45) is 0. The fourth-order valence-electron chi connectivity index (χ4n) is 1.99. The Hall–Kier alpha value is -0.850. The van der Waals surface area contributed by atoms with Crippen LogP contribution in [0.2, 0.25) is 0 Å². The largest absolute Gasteiger partial charge is 0.258 e. The summed E-state index contributed by atoms with van der Waals surface area (Å²) in [7, 11) is 0. The maximum absolute atomic E-state index is 4.56. The Labute approximate surface area is 88.6 Å². The van der Waals surface area contributed by atoms with Crippen LogP contribution in [0.1, 0.15) is 55.3 Å². The zero-order valence-corrected chi connectivity index (χ0v) is 9.52. The summed E-state index contributed by atoms with van der Waals surface area (Å²) in [4.78, 5) is 4.56. The van der Waals surface area contributed by atoms with Gasteiger partial charge in [-0.2, -0.15) is 0 Å². The van der Waals surface area contributed by atoms with Crippen LogP contribution in [0.3, 0.4) is 0 Å². The van der Waals surface area contributed by atoms with Crippen molar-refractivity contribution in [2.24, 2.45) is 0 Å². The minimum absolute atomic E-state index is 0. The van der Waals surface area contributed by atoms with Gasteiger partial charge >= 0.3 is 0 Å². The summed E-state index contributed by atoms with van der Waals surface area (Å²) >= 11 is 0. The van der Waals surface area contributed by atoms with Gasteiger partial charge in [0, 0.05) is 11.4 Å². The number of nitrogens with zero attached hydrogens (tertiary/aromatic N) is 1. The summed E-state index contributed by atoms with van der Waals surface area (Å²) in [5, 5.41) is 0. The Bertz CT molecular complexity index is 324. The van der Waals surface area contributed by atoms with Crippen molar-refractivity contribution < 1.29 is 0 Å². The fourth-order valence-corrected chi connectivity index (χ4v) is 1.99. The molecule has 1 nitrogen and oxygen atoms in total. The molecule has 0 unspecified atom stereocenters. The Kier molecular flexibility index (Phi) is 4.31. The lowest BCUT2D eigenvalue weighted by atomic mass is 9.93. The average Bonchev–Trinajstić information content (AvgIpc) is 1.99. The van der Waals surface area contributed by atoms with E-state index in [4.69, 9.17) is 0 Å². The molecule has 0 fully saturated rings. The molecule has 0 bridgehead atoms. The first-order valence-corrected chi connectivity index (χ1v) is 4.89. The topological polar surface area (TPSA) is 12.9 Å². The third kappa shape index (κ3) is 2.14. The van der Waals surface area contributed by atoms with Crippen molar-refractivity contribution in [3.05, 3.63) is 28.1 Å². The maximum Gasteiger partial charge on any atom is 0.0413 e. The maximum atomic E-state index is 4.56. The van der Waals surface area contributed by atoms with Crippen LogP contribution in [0.15, 0.2) is 0 Å². The van der Waals surface area contributed by atoms with E-state index in [0.717, 1.165) is 0 Å². The van der Waals surface area contributed by atoms with Gasteiger partial charge in [0.1, 0.15) is 0 Å². The number of pyridine rings is 1. The number of aromatic nitrogens is 1. The van der Waals surface area contributed by atoms with Crippen LogP contribution >= 0.6 is 0 Å². The second kappa shape index (κ2) is 4.59. The lowest BCUT2D eigenvalue weighted by Gasteiger charge is -2.16. The highest BCUT2D eigenvalue weighted by molar-refractivity contribution is 5.39. The normalized spacial score (nSPS) is 10.2. The minimum atomic E-state index is 0. The van der Waals surface area contributed by atoms with Gasteiger partial charge in [-0.3, -0.25) is 4.98 Å². The van der Waals surface area contributed by atoms with E-state index in [0.29, 0.717) is 5.92 Å². The van der Waals surface area contributed by atoms with Crippen molar-refractivity contribution >= 4 is 0 Å². The predicted octanol–water partition coefficient (Wildman–Crippen LogP) is 4.07. The molecular weight excluding hydrogens is 170 g/mol. The number of hydrogen-bond acceptors (Lipinski definition) is 1. The van der Waals surface area contributed by atoms with E-state index in [-0.39, 0.29) is 7.43 Å². The zero-order chi connectivity index (χ0) is 10.2. The molecule has 0 saturated carbocycles. The van der Waals surface area contributed by atoms with Gasteiger partial charge in [-0.1, -0.05) is 21.3 Å². The van der Waals surface area contributed by atoms with Crippen molar-refractivity contribution in [2.75, 3.05) is 0 Å². The van der Waals surface area contributed by atoms with Crippen molar-refractivity contribution in [2.45, 2.75) is 54.9 Å². The van der Waals surface area contributed by atoms with Crippen molar-refractivity contribution in [3.8, 4) is 0 Å². The molecule has 1 heteroatoms. The molecule has 0 aliphatic heterocycles. The molecule has 80 valence electrons. The van der Waals surface area contributed by atoms with Gasteiger partial charge in [0.05, 0.1) is 0 Å². The summed E-state index contributed by atoms with van der Waals surface area (Å²) < 4.78 is 0. The Morgan fingerprint density at radius 3 is 1.79 bits per heavy atom. The van der Waals surface area contributed by atoms with E-state index in [9.17, 15) is 0 Å². The van der Waals surface area contributed by atoms with Crippen molar-refractivity contribution in [3.63, 3.8) is 0 Å². The molecule has 0 spiro atoms. The van der Waals surface area contributed by atoms with Crippen LogP contribution in [0, 0.1) is 27.7 Å². The number of hydrogen-bond donors (Lipinski definition) is 0. The molecule has 0 radical (unpaired) electrons. The monoisotopic (exact) mass is 193 g/mol. The van der Waals surface area contributed by atoms with Crippen LogP contribution < -0.4 is 0 Å². The minimum Gasteiger partial charge on any atom is -0.258 e. The molecule has 0 N–H and O–H groups in total. The highest BCUT2D eigenvalue weighted by atomic mass is 14.7. The summed E-state index contributed by atoms with van der Waals surface area (Å²) in [5.41, 5.74) is 6.53. The lowest BCUT2D eigenvalue weighted by molar-refractivity contribution is 0.822. The molecule has 0 aliphatic carbocycles. The molecule has 1 rings (SSSR count). The van der Waals surface area contributed by atoms with E-state index < -0.39 is 0 Å². The highest BCUT2D eigenvalue weighted by Crippen LogP contribution is 2.25. The summed E-state index contributed by atoms with van der Waals surface area (Å²) in [5.74, 6) is 0.576. The standard InChI is InChI=1S/C12H19N.CH4/c1-7(2)12-9(4)8(3)10(5)13-11(12)6;/h7H,1-6H3;1H4. The molecule has 0 aliphatic rings. The Balaban J connectivity index is 0.00000169. The first-order chi connectivity index (χ1) is 5.95. The van der Waals surface area contributed by atoms with Gasteiger partial charge in [0.2, 0.25) is 0 Å². The highest BCUT2D eigenvalue weighted by Gasteiger charge is 2.11. The van der Waals surface area contributed by atoms with Crippen molar-refractivity contribution in [1.82, 2.24) is 4.98 Å². The molecule has 1 aromatic heterocycles. The van der Waals surface area contributed by atoms with E-state index in [2.05, 4.69) is 46.5 Å². The van der Waals surface area contributed by atoms with E-state index in [1.165, 1.54) is 28.1 Å². The second-order valence-corrected chi connectivity index (χ2v) is 4.10. The average molecular weight is 193 g/mol. The molecule has 0 atom stereocenters. The summed E-state index contributed by atoms with van der Waals surface area (Å²) in [6, 6.07) is 0. The van der Waals surface area contributed by atoms with Gasteiger partial charge in [-0.25, -0.2) is 0 Å². The van der Waals surface area contributed by atoms with Crippen LogP contribution in [0.25, 0.3) is 0 Å². The first kappa shape index (κ1) is 13.2. The molecule has 0 saturated heterocycles. The molecule has 0 amide bonds. The second-order valence-electron chi connectivity index (χ2n) is 4.10. The van der Waals surface area contributed by atoms with Crippen LogP contribution in [-0.2, 0) is 0 Å². The van der Waals surface area contributed by atoms with Gasteiger partial charge in [-0.15, -0.1) is 0 Å². The molecule has 14 heavy (non-hydrogen) atoms. The van der Waals surface area contributed by atoms with E-state index >= 15 is 0 Å². The van der Waals surface area contributed by atoms with Crippen LogP contribution in [0.5, 0.6) is 0 Å². The third-order valence-corrected chi connectivity index (χ3v) is 2.81. The van der Waals surface area contributed by atoms with Crippen molar-refractivity contribution in [1.29, 1.82) is 0 Å². The molecule has 1 heterocycles. The Morgan fingerprint density at radius 1 is 0.857 bits per heavy atom. The van der Waals surface area contributed by atoms with Gasteiger partial charge in [0.25, 0.3) is 0 Å². The molecule has 1 aromatic rings. The molecule has 0 aromatic carbocycles. The summed E-state index contributed by atoms with van der Waals surface area (Å²) in [6.45, 7) is 13.0. The Morgan fingerprint density at radius 2 is 1.36 bits per heavy atom. The zero-order valence-electron chi connectivity index (χ0n) is 9.52. The van der Waals surface area contributed by atoms with Gasteiger partial charge < -0.3 is 0 Å². The SMILES string of the molecule is C.Cc1nc(C)c(C(C)C)c(C)c1C. The smallest absolute Gasteiger partial charge is 0.0413 e.